The van der Waals surface area contributed by atoms with E-state index in [2.05, 4.69) is 16.9 Å². The Morgan fingerprint density at radius 1 is 1.27 bits per heavy atom. The summed E-state index contributed by atoms with van der Waals surface area (Å²) in [6, 6.07) is 5.90. The van der Waals surface area contributed by atoms with Gasteiger partial charge in [0.05, 0.1) is 31.0 Å². The van der Waals surface area contributed by atoms with Crippen molar-refractivity contribution < 1.29 is 19.0 Å². The zero-order valence-electron chi connectivity index (χ0n) is 15.6. The lowest BCUT2D eigenvalue weighted by atomic mass is 10.1. The molecule has 0 aliphatic rings. The van der Waals surface area contributed by atoms with Crippen LogP contribution in [-0.4, -0.2) is 35.8 Å². The minimum Gasteiger partial charge on any atom is -0.494 e. The maximum absolute atomic E-state index is 12.5. The third-order valence-electron chi connectivity index (χ3n) is 4.01. The Kier molecular flexibility index (Phi) is 5.42. The fourth-order valence-electron chi connectivity index (χ4n) is 2.98. The number of nitrogens with one attached hydrogen (secondary N) is 1. The highest BCUT2D eigenvalue weighted by molar-refractivity contribution is 6.11. The first-order chi connectivity index (χ1) is 12.5. The van der Waals surface area contributed by atoms with Gasteiger partial charge < -0.3 is 19.2 Å². The Bertz CT molecular complexity index is 930. The molecule has 2 aromatic heterocycles. The number of ether oxygens (including phenoxy) is 3. The van der Waals surface area contributed by atoms with E-state index in [1.807, 2.05) is 32.0 Å². The van der Waals surface area contributed by atoms with E-state index < -0.39 is 5.97 Å². The molecule has 1 N–H and O–H groups in total. The Morgan fingerprint density at radius 3 is 2.77 bits per heavy atom. The van der Waals surface area contributed by atoms with E-state index in [0.29, 0.717) is 6.61 Å². The first-order valence-corrected chi connectivity index (χ1v) is 8.81. The number of hydrogen-bond donors (Lipinski definition) is 1. The van der Waals surface area contributed by atoms with Crippen LogP contribution in [0.3, 0.4) is 0 Å². The van der Waals surface area contributed by atoms with E-state index in [0.717, 1.165) is 39.5 Å². The van der Waals surface area contributed by atoms with Crippen molar-refractivity contribution in [2.75, 3.05) is 13.7 Å². The lowest BCUT2D eigenvalue weighted by Gasteiger charge is -2.12. The summed E-state index contributed by atoms with van der Waals surface area (Å²) in [5.41, 5.74) is 2.81. The number of H-pyrrole nitrogens is 1. The molecule has 0 saturated carbocycles. The molecule has 3 rings (SSSR count). The maximum Gasteiger partial charge on any atom is 0.357 e. The fourth-order valence-corrected chi connectivity index (χ4v) is 2.98. The number of nitrogens with zero attached hydrogens (tertiary/aromatic N) is 1. The van der Waals surface area contributed by atoms with Crippen LogP contribution in [0.1, 0.15) is 43.2 Å². The number of fused-ring (bicyclic) bond motifs is 3. The molecular formula is C20H24N2O4. The summed E-state index contributed by atoms with van der Waals surface area (Å²) in [6.45, 7) is 6.62. The van der Waals surface area contributed by atoms with Gasteiger partial charge in [0, 0.05) is 29.0 Å². The minimum absolute atomic E-state index is 0.215. The lowest BCUT2D eigenvalue weighted by Crippen LogP contribution is -2.15. The monoisotopic (exact) mass is 356 g/mol. The molecule has 0 bridgehead atoms. The Labute approximate surface area is 152 Å². The molecule has 0 aliphatic heterocycles. The van der Waals surface area contributed by atoms with E-state index >= 15 is 0 Å². The van der Waals surface area contributed by atoms with Gasteiger partial charge in [0.1, 0.15) is 5.75 Å². The molecule has 0 atom stereocenters. The second-order valence-corrected chi connectivity index (χ2v) is 6.44. The molecular weight excluding hydrogens is 332 g/mol. The highest BCUT2D eigenvalue weighted by Crippen LogP contribution is 2.32. The number of aromatic nitrogens is 2. The van der Waals surface area contributed by atoms with Gasteiger partial charge in [-0.2, -0.15) is 0 Å². The topological polar surface area (TPSA) is 73.4 Å². The van der Waals surface area contributed by atoms with E-state index in [-0.39, 0.29) is 18.4 Å². The smallest absolute Gasteiger partial charge is 0.357 e. The normalized spacial score (nSPS) is 11.4. The second kappa shape index (κ2) is 7.74. The zero-order valence-corrected chi connectivity index (χ0v) is 15.6. The molecule has 3 aromatic rings. The first-order valence-electron chi connectivity index (χ1n) is 8.81. The Morgan fingerprint density at radius 2 is 2.08 bits per heavy atom. The molecule has 0 aliphatic carbocycles. The largest absolute Gasteiger partial charge is 0.494 e. The molecule has 0 radical (unpaired) electrons. The highest BCUT2D eigenvalue weighted by atomic mass is 16.5. The fraction of sp³-hybridized carbons (Fsp3) is 0.400. The summed E-state index contributed by atoms with van der Waals surface area (Å²) in [7, 11) is 1.60. The van der Waals surface area contributed by atoms with Crippen molar-refractivity contribution >= 4 is 27.8 Å². The van der Waals surface area contributed by atoms with E-state index in [9.17, 15) is 4.79 Å². The number of aromatic amines is 1. The number of hydrogen-bond acceptors (Lipinski definition) is 5. The van der Waals surface area contributed by atoms with Crippen molar-refractivity contribution in [3.8, 4) is 5.75 Å². The zero-order chi connectivity index (χ0) is 18.7. The second-order valence-electron chi connectivity index (χ2n) is 6.44. The van der Waals surface area contributed by atoms with Crippen molar-refractivity contribution in [1.29, 1.82) is 0 Å². The number of carbonyl (C=O) groups excluding carboxylic acids is 1. The van der Waals surface area contributed by atoms with Gasteiger partial charge in [0.15, 0.2) is 5.69 Å². The quantitative estimate of drug-likeness (QED) is 0.642. The molecule has 0 saturated heterocycles. The average Bonchev–Trinajstić information content (AvgIpc) is 2.98. The van der Waals surface area contributed by atoms with Crippen LogP contribution in [0.5, 0.6) is 5.75 Å². The van der Waals surface area contributed by atoms with Gasteiger partial charge in [-0.15, -0.1) is 0 Å². The molecule has 0 fully saturated rings. The summed E-state index contributed by atoms with van der Waals surface area (Å²) in [5, 5.41) is 1.89. The van der Waals surface area contributed by atoms with Crippen molar-refractivity contribution in [1.82, 2.24) is 9.97 Å². The van der Waals surface area contributed by atoms with Crippen LogP contribution in [0.15, 0.2) is 24.4 Å². The SMILES string of the molecule is CCCOc1ccc2[nH]c3cnc(C(=O)OC(C)C)c(COC)c3c2c1. The van der Waals surface area contributed by atoms with Crippen LogP contribution in [0.25, 0.3) is 21.8 Å². The highest BCUT2D eigenvalue weighted by Gasteiger charge is 2.21. The number of pyridine rings is 1. The van der Waals surface area contributed by atoms with Gasteiger partial charge >= 0.3 is 5.97 Å². The minimum atomic E-state index is -0.443. The van der Waals surface area contributed by atoms with Crippen molar-refractivity contribution in [2.45, 2.75) is 39.9 Å². The summed E-state index contributed by atoms with van der Waals surface area (Å²) < 4.78 is 16.5. The van der Waals surface area contributed by atoms with Gasteiger partial charge in [-0.25, -0.2) is 9.78 Å². The number of rotatable bonds is 7. The Hall–Kier alpha value is -2.60. The first kappa shape index (κ1) is 18.2. The van der Waals surface area contributed by atoms with E-state index in [4.69, 9.17) is 14.2 Å². The number of carbonyl (C=O) groups is 1. The van der Waals surface area contributed by atoms with Gasteiger partial charge in [-0.1, -0.05) is 6.92 Å². The van der Waals surface area contributed by atoms with Gasteiger partial charge in [0.25, 0.3) is 0 Å². The van der Waals surface area contributed by atoms with Crippen LogP contribution in [0, 0.1) is 0 Å². The molecule has 6 heteroatoms. The van der Waals surface area contributed by atoms with Crippen LogP contribution >= 0.6 is 0 Å². The molecule has 1 aromatic carbocycles. The van der Waals surface area contributed by atoms with Gasteiger partial charge in [-0.3, -0.25) is 0 Å². The van der Waals surface area contributed by atoms with Crippen molar-refractivity contribution in [2.24, 2.45) is 0 Å². The molecule has 6 nitrogen and oxygen atoms in total. The third-order valence-corrected chi connectivity index (χ3v) is 4.01. The molecule has 0 unspecified atom stereocenters. The standard InChI is InChI=1S/C20H24N2O4/c1-5-8-25-13-6-7-16-14(9-13)18-15(11-24-4)19(20(23)26-12(2)3)21-10-17(18)22-16/h6-7,9-10,12,22H,5,8,11H2,1-4H3. The summed E-state index contributed by atoms with van der Waals surface area (Å²) in [6.07, 6.45) is 2.39. The number of benzene rings is 1. The molecule has 0 spiro atoms. The number of esters is 1. The van der Waals surface area contributed by atoms with Crippen LogP contribution in [0.4, 0.5) is 0 Å². The van der Waals surface area contributed by atoms with E-state index in [1.54, 1.807) is 13.3 Å². The predicted molar refractivity (Wildman–Crippen MR) is 101 cm³/mol. The van der Waals surface area contributed by atoms with Gasteiger partial charge in [-0.05, 0) is 38.5 Å². The number of methoxy groups -OCH3 is 1. The van der Waals surface area contributed by atoms with Crippen LogP contribution < -0.4 is 4.74 Å². The third kappa shape index (κ3) is 3.51. The van der Waals surface area contributed by atoms with Crippen molar-refractivity contribution in [3.05, 3.63) is 35.7 Å². The van der Waals surface area contributed by atoms with Crippen LogP contribution in [0.2, 0.25) is 0 Å². The summed E-state index contributed by atoms with van der Waals surface area (Å²) >= 11 is 0. The molecule has 26 heavy (non-hydrogen) atoms. The van der Waals surface area contributed by atoms with Crippen LogP contribution in [-0.2, 0) is 16.1 Å². The average molecular weight is 356 g/mol. The van der Waals surface area contributed by atoms with Gasteiger partial charge in [0.2, 0.25) is 0 Å². The summed E-state index contributed by atoms with van der Waals surface area (Å²) in [5.74, 6) is 0.355. The van der Waals surface area contributed by atoms with E-state index in [1.165, 1.54) is 0 Å². The molecule has 138 valence electrons. The molecule has 2 heterocycles. The summed E-state index contributed by atoms with van der Waals surface area (Å²) in [4.78, 5) is 20.2. The van der Waals surface area contributed by atoms with Crippen molar-refractivity contribution in [3.63, 3.8) is 0 Å². The molecule has 0 amide bonds. The Balaban J connectivity index is 2.19. The lowest BCUT2D eigenvalue weighted by molar-refractivity contribution is 0.0366. The maximum atomic E-state index is 12.5. The predicted octanol–water partition coefficient (Wildman–Crippen LogP) is 4.22.